The van der Waals surface area contributed by atoms with E-state index in [0.29, 0.717) is 32.0 Å². The molecule has 1 saturated heterocycles. The molecule has 0 aliphatic carbocycles. The summed E-state index contributed by atoms with van der Waals surface area (Å²) in [4.78, 5) is 12.2. The Morgan fingerprint density at radius 3 is 2.44 bits per heavy atom. The zero-order valence-corrected chi connectivity index (χ0v) is 11.7. The lowest BCUT2D eigenvalue weighted by molar-refractivity contribution is -0.133. The minimum absolute atomic E-state index is 0.121. The molecule has 0 aromatic carbocycles. The van der Waals surface area contributed by atoms with E-state index in [1.165, 1.54) is 0 Å². The Morgan fingerprint density at radius 2 is 1.94 bits per heavy atom. The predicted octanol–water partition coefficient (Wildman–Crippen LogP) is 2.25. The van der Waals surface area contributed by atoms with E-state index in [1.807, 2.05) is 6.92 Å². The van der Waals surface area contributed by atoms with Crippen LogP contribution in [0.5, 0.6) is 0 Å². The van der Waals surface area contributed by atoms with Crippen molar-refractivity contribution in [3.05, 3.63) is 0 Å². The number of hydrogen-bond donors (Lipinski definition) is 1. The van der Waals surface area contributed by atoms with Gasteiger partial charge in [-0.3, -0.25) is 4.79 Å². The highest BCUT2D eigenvalue weighted by atomic mass is 16.5. The molecule has 0 aromatic rings. The molecule has 1 aliphatic rings. The molecule has 1 N–H and O–H groups in total. The number of amides is 1. The van der Waals surface area contributed by atoms with Crippen molar-refractivity contribution >= 4 is 5.91 Å². The molecule has 102 valence electrons. The fourth-order valence-corrected chi connectivity index (χ4v) is 2.13. The number of carbonyl (C=O) groups is 1. The smallest absolute Gasteiger partial charge is 0.240 e. The zero-order chi connectivity index (χ0) is 13.6. The van der Waals surface area contributed by atoms with Crippen molar-refractivity contribution in [1.82, 2.24) is 5.32 Å². The highest BCUT2D eigenvalue weighted by molar-refractivity contribution is 5.85. The van der Waals surface area contributed by atoms with Crippen LogP contribution in [-0.2, 0) is 9.53 Å². The van der Waals surface area contributed by atoms with E-state index >= 15 is 0 Å². The molecule has 0 bridgehead atoms. The van der Waals surface area contributed by atoms with Crippen LogP contribution in [0.2, 0.25) is 0 Å². The quantitative estimate of drug-likeness (QED) is 0.816. The first kappa shape index (κ1) is 15.0. The van der Waals surface area contributed by atoms with Crippen LogP contribution < -0.4 is 5.32 Å². The van der Waals surface area contributed by atoms with Gasteiger partial charge in [0.25, 0.3) is 0 Å². The molecule has 1 rings (SSSR count). The zero-order valence-electron chi connectivity index (χ0n) is 11.7. The van der Waals surface area contributed by atoms with Crippen LogP contribution in [0, 0.1) is 22.7 Å². The van der Waals surface area contributed by atoms with Gasteiger partial charge < -0.3 is 10.1 Å². The van der Waals surface area contributed by atoms with Gasteiger partial charge in [-0.05, 0) is 38.5 Å². The Bertz CT molecular complexity index is 314. The fraction of sp³-hybridized carbons (Fsp3) is 0.857. The van der Waals surface area contributed by atoms with Crippen molar-refractivity contribution in [2.24, 2.45) is 11.3 Å². The van der Waals surface area contributed by atoms with E-state index in [4.69, 9.17) is 4.74 Å². The van der Waals surface area contributed by atoms with Crippen LogP contribution in [0.15, 0.2) is 0 Å². The Morgan fingerprint density at radius 1 is 1.33 bits per heavy atom. The molecule has 1 amide bonds. The third-order valence-electron chi connectivity index (χ3n) is 3.55. The van der Waals surface area contributed by atoms with Gasteiger partial charge in [0.1, 0.15) is 5.41 Å². The summed E-state index contributed by atoms with van der Waals surface area (Å²) in [6, 6.07) is 2.33. The van der Waals surface area contributed by atoms with Crippen LogP contribution in [0.25, 0.3) is 0 Å². The average molecular weight is 252 g/mol. The first-order valence-electron chi connectivity index (χ1n) is 6.80. The van der Waals surface area contributed by atoms with E-state index in [2.05, 4.69) is 25.2 Å². The molecule has 1 aliphatic heterocycles. The van der Waals surface area contributed by atoms with E-state index < -0.39 is 5.41 Å². The van der Waals surface area contributed by atoms with Gasteiger partial charge in [0, 0.05) is 19.3 Å². The minimum atomic E-state index is -0.871. The van der Waals surface area contributed by atoms with E-state index in [9.17, 15) is 10.1 Å². The number of nitrogens with one attached hydrogen (secondary N) is 1. The molecule has 18 heavy (non-hydrogen) atoms. The van der Waals surface area contributed by atoms with Gasteiger partial charge in [-0.15, -0.1) is 0 Å². The second-order valence-electron chi connectivity index (χ2n) is 5.65. The highest BCUT2D eigenvalue weighted by Crippen LogP contribution is 2.30. The number of ether oxygens (including phenoxy) is 1. The largest absolute Gasteiger partial charge is 0.381 e. The summed E-state index contributed by atoms with van der Waals surface area (Å²) in [5, 5.41) is 12.3. The molecule has 0 saturated carbocycles. The Hall–Kier alpha value is -1.08. The summed E-state index contributed by atoms with van der Waals surface area (Å²) in [7, 11) is 0. The molecule has 1 atom stereocenters. The van der Waals surface area contributed by atoms with Gasteiger partial charge >= 0.3 is 0 Å². The third-order valence-corrected chi connectivity index (χ3v) is 3.55. The van der Waals surface area contributed by atoms with Gasteiger partial charge in [0.05, 0.1) is 6.07 Å². The van der Waals surface area contributed by atoms with Crippen molar-refractivity contribution < 1.29 is 9.53 Å². The second-order valence-corrected chi connectivity index (χ2v) is 5.65. The average Bonchev–Trinajstić information content (AvgIpc) is 2.37. The van der Waals surface area contributed by atoms with Crippen molar-refractivity contribution in [3.63, 3.8) is 0 Å². The van der Waals surface area contributed by atoms with Crippen LogP contribution in [0.1, 0.15) is 46.5 Å². The SMILES string of the molecule is CC(C)CCC(C)NC(=O)C1(C#N)CCOCC1. The fourth-order valence-electron chi connectivity index (χ4n) is 2.13. The van der Waals surface area contributed by atoms with Crippen LogP contribution in [0.3, 0.4) is 0 Å². The normalized spacial score (nSPS) is 20.2. The van der Waals surface area contributed by atoms with Crippen LogP contribution >= 0.6 is 0 Å². The number of carbonyl (C=O) groups excluding carboxylic acids is 1. The van der Waals surface area contributed by atoms with Crippen molar-refractivity contribution in [2.45, 2.75) is 52.5 Å². The number of nitrogens with zero attached hydrogens (tertiary/aromatic N) is 1. The maximum absolute atomic E-state index is 12.2. The first-order chi connectivity index (χ1) is 8.50. The summed E-state index contributed by atoms with van der Waals surface area (Å²) in [5.41, 5.74) is -0.871. The van der Waals surface area contributed by atoms with E-state index in [0.717, 1.165) is 12.8 Å². The molecule has 0 spiro atoms. The summed E-state index contributed by atoms with van der Waals surface area (Å²) in [6.45, 7) is 7.35. The molecule has 1 heterocycles. The van der Waals surface area contributed by atoms with Crippen molar-refractivity contribution in [3.8, 4) is 6.07 Å². The number of nitriles is 1. The lowest BCUT2D eigenvalue weighted by atomic mass is 9.80. The lowest BCUT2D eigenvalue weighted by Crippen LogP contribution is -2.46. The molecule has 1 unspecified atom stereocenters. The maximum Gasteiger partial charge on any atom is 0.240 e. The summed E-state index contributed by atoms with van der Waals surface area (Å²) >= 11 is 0. The highest BCUT2D eigenvalue weighted by Gasteiger charge is 2.40. The van der Waals surface area contributed by atoms with Gasteiger partial charge in [0.2, 0.25) is 5.91 Å². The molecule has 4 nitrogen and oxygen atoms in total. The summed E-state index contributed by atoms with van der Waals surface area (Å²) < 4.78 is 5.23. The standard InChI is InChI=1S/C14H24N2O2/c1-11(2)4-5-12(3)16-13(17)14(10-15)6-8-18-9-7-14/h11-12H,4-9H2,1-3H3,(H,16,17). The molecule has 1 fully saturated rings. The number of rotatable bonds is 5. The Kier molecular flexibility index (Phi) is 5.61. The van der Waals surface area contributed by atoms with Crippen molar-refractivity contribution in [2.75, 3.05) is 13.2 Å². The monoisotopic (exact) mass is 252 g/mol. The summed E-state index contributed by atoms with van der Waals surface area (Å²) in [5.74, 6) is 0.516. The van der Waals surface area contributed by atoms with Gasteiger partial charge in [-0.25, -0.2) is 0 Å². The van der Waals surface area contributed by atoms with Gasteiger partial charge in [-0.2, -0.15) is 5.26 Å². The third kappa shape index (κ3) is 3.99. The van der Waals surface area contributed by atoms with E-state index in [1.54, 1.807) is 0 Å². The predicted molar refractivity (Wildman–Crippen MR) is 69.8 cm³/mol. The molecular formula is C14H24N2O2. The molecular weight excluding hydrogens is 228 g/mol. The molecule has 0 aromatic heterocycles. The minimum Gasteiger partial charge on any atom is -0.381 e. The molecule has 0 radical (unpaired) electrons. The van der Waals surface area contributed by atoms with E-state index in [-0.39, 0.29) is 11.9 Å². The first-order valence-corrected chi connectivity index (χ1v) is 6.80. The Labute approximate surface area is 110 Å². The Balaban J connectivity index is 2.50. The van der Waals surface area contributed by atoms with Crippen molar-refractivity contribution in [1.29, 1.82) is 5.26 Å². The number of hydrogen-bond acceptors (Lipinski definition) is 3. The summed E-state index contributed by atoms with van der Waals surface area (Å²) in [6.07, 6.45) is 3.06. The topological polar surface area (TPSA) is 62.1 Å². The second kappa shape index (κ2) is 6.75. The maximum atomic E-state index is 12.2. The van der Waals surface area contributed by atoms with Gasteiger partial charge in [0.15, 0.2) is 0 Å². The van der Waals surface area contributed by atoms with Crippen LogP contribution in [0.4, 0.5) is 0 Å². The lowest BCUT2D eigenvalue weighted by Gasteiger charge is -2.30. The molecule has 4 heteroatoms. The van der Waals surface area contributed by atoms with Crippen LogP contribution in [-0.4, -0.2) is 25.2 Å². The van der Waals surface area contributed by atoms with Gasteiger partial charge in [-0.1, -0.05) is 13.8 Å².